The van der Waals surface area contributed by atoms with Crippen LogP contribution in [0.4, 0.5) is 0 Å². The Morgan fingerprint density at radius 3 is 1.94 bits per heavy atom. The van der Waals surface area contributed by atoms with Gasteiger partial charge in [-0.25, -0.2) is 0 Å². The van der Waals surface area contributed by atoms with Crippen molar-refractivity contribution in [2.24, 2.45) is 5.41 Å². The highest BCUT2D eigenvalue weighted by atomic mass is 14.5. The third-order valence-corrected chi connectivity index (χ3v) is 8.56. The summed E-state index contributed by atoms with van der Waals surface area (Å²) in [6.45, 7) is 7.39. The molecule has 0 bridgehead atoms. The van der Waals surface area contributed by atoms with Crippen LogP contribution >= 0.6 is 0 Å². The summed E-state index contributed by atoms with van der Waals surface area (Å²) in [7, 11) is 0. The highest BCUT2D eigenvalue weighted by molar-refractivity contribution is 5.80. The van der Waals surface area contributed by atoms with Crippen molar-refractivity contribution in [3.8, 4) is 22.3 Å². The van der Waals surface area contributed by atoms with E-state index in [2.05, 4.69) is 118 Å². The molecule has 0 saturated heterocycles. The lowest BCUT2D eigenvalue weighted by Gasteiger charge is -2.45. The van der Waals surface area contributed by atoms with E-state index in [1.165, 1.54) is 54.9 Å². The second-order valence-electron chi connectivity index (χ2n) is 11.4. The van der Waals surface area contributed by atoms with E-state index in [4.69, 9.17) is 0 Å². The van der Waals surface area contributed by atoms with Crippen LogP contribution in [-0.4, -0.2) is 0 Å². The maximum atomic E-state index is 2.57. The summed E-state index contributed by atoms with van der Waals surface area (Å²) >= 11 is 0. The first-order valence-electron chi connectivity index (χ1n) is 12.6. The summed E-state index contributed by atoms with van der Waals surface area (Å²) in [4.78, 5) is 0. The molecule has 166 valence electrons. The van der Waals surface area contributed by atoms with Gasteiger partial charge in [-0.2, -0.15) is 0 Å². The molecule has 34 heavy (non-hydrogen) atoms. The van der Waals surface area contributed by atoms with Crippen LogP contribution in [0.2, 0.25) is 0 Å². The van der Waals surface area contributed by atoms with E-state index in [9.17, 15) is 0 Å². The summed E-state index contributed by atoms with van der Waals surface area (Å²) in [6.07, 6.45) is 7.20. The minimum atomic E-state index is 0.0100. The molecule has 7 rings (SSSR count). The summed E-state index contributed by atoms with van der Waals surface area (Å²) in [5.74, 6) is 0.362. The zero-order chi connectivity index (χ0) is 23.1. The van der Waals surface area contributed by atoms with Crippen molar-refractivity contribution in [2.45, 2.75) is 44.9 Å². The summed E-state index contributed by atoms with van der Waals surface area (Å²) < 4.78 is 0. The lowest BCUT2D eigenvalue weighted by Crippen LogP contribution is -2.48. The normalized spacial score (nSPS) is 21.3. The van der Waals surface area contributed by atoms with Crippen LogP contribution < -0.4 is 10.4 Å². The van der Waals surface area contributed by atoms with Crippen molar-refractivity contribution in [1.82, 2.24) is 0 Å². The quantitative estimate of drug-likeness (QED) is 0.301. The fourth-order valence-corrected chi connectivity index (χ4v) is 7.50. The molecule has 3 aliphatic carbocycles. The van der Waals surface area contributed by atoms with Gasteiger partial charge in [0, 0.05) is 11.3 Å². The number of hydrogen-bond donors (Lipinski definition) is 0. The van der Waals surface area contributed by atoms with Crippen molar-refractivity contribution >= 4 is 12.2 Å². The Hall–Kier alpha value is -3.38. The first-order chi connectivity index (χ1) is 16.5. The van der Waals surface area contributed by atoms with Crippen LogP contribution in [0, 0.1) is 5.41 Å². The Morgan fingerprint density at radius 1 is 0.618 bits per heavy atom. The molecule has 0 spiro atoms. The maximum Gasteiger partial charge on any atom is 0.0196 e. The smallest absolute Gasteiger partial charge is 0.0196 e. The summed E-state index contributed by atoms with van der Waals surface area (Å²) in [6, 6.07) is 32.0. The largest absolute Gasteiger partial charge is 0.0716 e. The highest BCUT2D eigenvalue weighted by Crippen LogP contribution is 2.57. The van der Waals surface area contributed by atoms with E-state index in [0.29, 0.717) is 5.92 Å². The molecule has 0 aliphatic heterocycles. The van der Waals surface area contributed by atoms with Gasteiger partial charge in [0.25, 0.3) is 0 Å². The standard InChI is InChI=1S/C34H30/c1-33(2)20-30-27-17-16-22-10-4-5-11-23(22)26(27)18-19-31(30)34(3,21-33)32-28-14-8-6-12-24(28)25-13-7-9-15-29(25)32/h4-15,17-20,32H,16,21H2,1-3H3. The highest BCUT2D eigenvalue weighted by Gasteiger charge is 2.47. The van der Waals surface area contributed by atoms with E-state index in [-0.39, 0.29) is 10.8 Å². The van der Waals surface area contributed by atoms with Crippen LogP contribution in [0.1, 0.15) is 55.4 Å². The van der Waals surface area contributed by atoms with Crippen LogP contribution in [0.15, 0.2) is 84.9 Å². The van der Waals surface area contributed by atoms with Gasteiger partial charge < -0.3 is 0 Å². The van der Waals surface area contributed by atoms with Gasteiger partial charge in [0.15, 0.2) is 0 Å². The number of benzene rings is 4. The third-order valence-electron chi connectivity index (χ3n) is 8.56. The van der Waals surface area contributed by atoms with E-state index in [1.807, 2.05) is 0 Å². The molecule has 0 nitrogen and oxygen atoms in total. The Bertz CT molecular complexity index is 1550. The minimum Gasteiger partial charge on any atom is -0.0716 e. The topological polar surface area (TPSA) is 0 Å². The molecule has 0 heteroatoms. The van der Waals surface area contributed by atoms with Crippen molar-refractivity contribution in [3.63, 3.8) is 0 Å². The first-order valence-corrected chi connectivity index (χ1v) is 12.6. The molecule has 0 N–H and O–H groups in total. The lowest BCUT2D eigenvalue weighted by atomic mass is 9.57. The van der Waals surface area contributed by atoms with Gasteiger partial charge in [-0.05, 0) is 73.2 Å². The SMILES string of the molecule is CC1(C)C=c2c(ccc3c2=CCc2ccccc2-3)C(C)(C2c3ccccc3-c3ccccc32)C1. The van der Waals surface area contributed by atoms with Crippen LogP contribution in [-0.2, 0) is 11.8 Å². The van der Waals surface area contributed by atoms with E-state index < -0.39 is 0 Å². The molecular weight excluding hydrogens is 408 g/mol. The molecule has 0 heterocycles. The first kappa shape index (κ1) is 20.0. The number of fused-ring (bicyclic) bond motifs is 8. The molecule has 1 unspecified atom stereocenters. The molecule has 0 amide bonds. The average molecular weight is 439 g/mol. The number of hydrogen-bond acceptors (Lipinski definition) is 0. The minimum absolute atomic E-state index is 0.0100. The lowest BCUT2D eigenvalue weighted by molar-refractivity contribution is 0.280. The van der Waals surface area contributed by atoms with Gasteiger partial charge in [0.05, 0.1) is 0 Å². The molecule has 0 aromatic heterocycles. The van der Waals surface area contributed by atoms with Gasteiger partial charge in [-0.15, -0.1) is 0 Å². The maximum absolute atomic E-state index is 2.57. The van der Waals surface area contributed by atoms with Crippen molar-refractivity contribution < 1.29 is 0 Å². The Labute approximate surface area is 202 Å². The Kier molecular flexibility index (Phi) is 4.02. The second kappa shape index (κ2) is 6.83. The molecule has 3 aliphatic rings. The molecule has 1 atom stereocenters. The molecule has 4 aromatic carbocycles. The average Bonchev–Trinajstić information content (AvgIpc) is 3.18. The van der Waals surface area contributed by atoms with Crippen LogP contribution in [0.3, 0.4) is 0 Å². The van der Waals surface area contributed by atoms with Gasteiger partial charge in [0.2, 0.25) is 0 Å². The molecule has 0 saturated carbocycles. The predicted octanol–water partition coefficient (Wildman–Crippen LogP) is 6.97. The Morgan fingerprint density at radius 2 is 1.24 bits per heavy atom. The van der Waals surface area contributed by atoms with E-state index in [1.54, 1.807) is 0 Å². The summed E-state index contributed by atoms with van der Waals surface area (Å²) in [5.41, 5.74) is 11.7. The van der Waals surface area contributed by atoms with Crippen molar-refractivity contribution in [2.75, 3.05) is 0 Å². The fraction of sp³-hybridized carbons (Fsp3) is 0.235. The molecule has 0 radical (unpaired) electrons. The van der Waals surface area contributed by atoms with Gasteiger partial charge in [-0.3, -0.25) is 0 Å². The molecule has 4 aromatic rings. The molecular formula is C34H30. The van der Waals surface area contributed by atoms with Gasteiger partial charge >= 0.3 is 0 Å². The zero-order valence-corrected chi connectivity index (χ0v) is 20.2. The predicted molar refractivity (Wildman–Crippen MR) is 143 cm³/mol. The van der Waals surface area contributed by atoms with Crippen LogP contribution in [0.25, 0.3) is 34.4 Å². The van der Waals surface area contributed by atoms with Gasteiger partial charge in [-0.1, -0.05) is 118 Å². The van der Waals surface area contributed by atoms with E-state index in [0.717, 1.165) is 12.8 Å². The van der Waals surface area contributed by atoms with Crippen molar-refractivity contribution in [1.29, 1.82) is 0 Å². The van der Waals surface area contributed by atoms with Crippen LogP contribution in [0.5, 0.6) is 0 Å². The second-order valence-corrected chi connectivity index (χ2v) is 11.4. The Balaban J connectivity index is 1.53. The summed E-state index contributed by atoms with van der Waals surface area (Å²) in [5, 5.41) is 2.90. The zero-order valence-electron chi connectivity index (χ0n) is 20.2. The van der Waals surface area contributed by atoms with Gasteiger partial charge in [0.1, 0.15) is 0 Å². The number of rotatable bonds is 1. The fourth-order valence-electron chi connectivity index (χ4n) is 7.50. The monoisotopic (exact) mass is 438 g/mol. The van der Waals surface area contributed by atoms with E-state index >= 15 is 0 Å². The third kappa shape index (κ3) is 2.66. The molecule has 0 fully saturated rings. The van der Waals surface area contributed by atoms with Crippen molar-refractivity contribution in [3.05, 3.63) is 118 Å².